The third-order valence-electron chi connectivity index (χ3n) is 6.32. The zero-order valence-electron chi connectivity index (χ0n) is 19.6. The standard InChI is InChI=1S/C25H34N6O2/c1-18-7-6-8-21(27-18)25(32)28-23-15-19-17-31(29-22(19)16-24(23)33-2)20-9-13-30(14-10-20)12-5-3-4-11-26/h6-8,15-17,20H,3-5,9-14,26H2,1-2H3,(H,28,32). The molecule has 1 aromatic carbocycles. The minimum atomic E-state index is -0.262. The van der Waals surface area contributed by atoms with Crippen molar-refractivity contribution in [1.29, 1.82) is 0 Å². The van der Waals surface area contributed by atoms with Gasteiger partial charge in [-0.25, -0.2) is 4.98 Å². The van der Waals surface area contributed by atoms with Crippen LogP contribution in [0.1, 0.15) is 54.3 Å². The molecule has 3 N–H and O–H groups in total. The van der Waals surface area contributed by atoms with Crippen molar-refractivity contribution in [1.82, 2.24) is 19.7 Å². The smallest absolute Gasteiger partial charge is 0.274 e. The monoisotopic (exact) mass is 450 g/mol. The molecule has 8 nitrogen and oxygen atoms in total. The van der Waals surface area contributed by atoms with Gasteiger partial charge < -0.3 is 20.7 Å². The predicted molar refractivity (Wildman–Crippen MR) is 131 cm³/mol. The molecule has 0 radical (unpaired) electrons. The number of piperidine rings is 1. The Balaban J connectivity index is 1.44. The first kappa shape index (κ1) is 23.2. The van der Waals surface area contributed by atoms with Crippen LogP contribution < -0.4 is 15.8 Å². The van der Waals surface area contributed by atoms with Crippen LogP contribution in [0.5, 0.6) is 5.75 Å². The average molecular weight is 451 g/mol. The molecule has 3 aromatic rings. The SMILES string of the molecule is COc1cc2nn(C3CCN(CCCCCN)CC3)cc2cc1NC(=O)c1cccc(C)n1. The fourth-order valence-corrected chi connectivity index (χ4v) is 4.45. The summed E-state index contributed by atoms with van der Waals surface area (Å²) in [6.07, 6.45) is 7.80. The molecule has 1 aliphatic heterocycles. The fraction of sp³-hybridized carbons (Fsp3) is 0.480. The number of nitrogens with two attached hydrogens (primary N) is 1. The van der Waals surface area contributed by atoms with Crippen LogP contribution in [0.3, 0.4) is 0 Å². The van der Waals surface area contributed by atoms with Crippen LogP contribution in [0.15, 0.2) is 36.5 Å². The number of hydrogen-bond acceptors (Lipinski definition) is 6. The van der Waals surface area contributed by atoms with Gasteiger partial charge in [-0.05, 0) is 63.9 Å². The lowest BCUT2D eigenvalue weighted by Crippen LogP contribution is -2.35. The molecule has 1 saturated heterocycles. The van der Waals surface area contributed by atoms with Crippen molar-refractivity contribution in [3.05, 3.63) is 47.9 Å². The summed E-state index contributed by atoms with van der Waals surface area (Å²) in [6.45, 7) is 6.00. The number of nitrogens with one attached hydrogen (secondary N) is 1. The second-order valence-electron chi connectivity index (χ2n) is 8.76. The van der Waals surface area contributed by atoms with Crippen molar-refractivity contribution in [3.63, 3.8) is 0 Å². The number of ether oxygens (including phenoxy) is 1. The van der Waals surface area contributed by atoms with Gasteiger partial charge in [-0.1, -0.05) is 12.5 Å². The highest BCUT2D eigenvalue weighted by molar-refractivity contribution is 6.05. The zero-order valence-corrected chi connectivity index (χ0v) is 19.6. The number of pyridine rings is 1. The number of carbonyl (C=O) groups is 1. The molecular weight excluding hydrogens is 416 g/mol. The molecule has 0 aliphatic carbocycles. The molecule has 0 bridgehead atoms. The van der Waals surface area contributed by atoms with Crippen molar-refractivity contribution in [2.24, 2.45) is 5.73 Å². The number of amides is 1. The van der Waals surface area contributed by atoms with Crippen LogP contribution in [0.2, 0.25) is 0 Å². The number of hydrogen-bond donors (Lipinski definition) is 2. The van der Waals surface area contributed by atoms with E-state index in [-0.39, 0.29) is 5.91 Å². The molecule has 1 aliphatic rings. The highest BCUT2D eigenvalue weighted by Crippen LogP contribution is 2.32. The van der Waals surface area contributed by atoms with Gasteiger partial charge >= 0.3 is 0 Å². The van der Waals surface area contributed by atoms with Gasteiger partial charge in [-0.15, -0.1) is 0 Å². The topological polar surface area (TPSA) is 98.3 Å². The number of aryl methyl sites for hydroxylation is 1. The maximum Gasteiger partial charge on any atom is 0.274 e. The Kier molecular flexibility index (Phi) is 7.57. The fourth-order valence-electron chi connectivity index (χ4n) is 4.45. The van der Waals surface area contributed by atoms with Crippen LogP contribution >= 0.6 is 0 Å². The van der Waals surface area contributed by atoms with E-state index in [0.29, 0.717) is 23.2 Å². The highest BCUT2D eigenvalue weighted by Gasteiger charge is 2.22. The van der Waals surface area contributed by atoms with Crippen molar-refractivity contribution in [3.8, 4) is 5.75 Å². The van der Waals surface area contributed by atoms with Crippen molar-refractivity contribution in [2.45, 2.75) is 45.1 Å². The third kappa shape index (κ3) is 5.69. The molecule has 1 fully saturated rings. The van der Waals surface area contributed by atoms with E-state index in [9.17, 15) is 4.79 Å². The minimum Gasteiger partial charge on any atom is -0.494 e. The number of likely N-dealkylation sites (tertiary alicyclic amines) is 1. The first-order valence-corrected chi connectivity index (χ1v) is 11.8. The normalized spacial score (nSPS) is 15.1. The van der Waals surface area contributed by atoms with Crippen LogP contribution in [-0.2, 0) is 0 Å². The number of fused-ring (bicyclic) bond motifs is 1. The summed E-state index contributed by atoms with van der Waals surface area (Å²) in [7, 11) is 1.60. The Hall–Kier alpha value is -2.97. The van der Waals surface area contributed by atoms with Gasteiger partial charge in [0, 0.05) is 36.4 Å². The maximum absolute atomic E-state index is 12.7. The van der Waals surface area contributed by atoms with E-state index in [0.717, 1.165) is 62.0 Å². The Labute approximate surface area is 195 Å². The average Bonchev–Trinajstić information content (AvgIpc) is 3.24. The maximum atomic E-state index is 12.7. The van der Waals surface area contributed by atoms with Gasteiger partial charge in [-0.3, -0.25) is 9.48 Å². The van der Waals surface area contributed by atoms with E-state index in [1.165, 1.54) is 12.8 Å². The Morgan fingerprint density at radius 3 is 2.76 bits per heavy atom. The summed E-state index contributed by atoms with van der Waals surface area (Å²) in [5.74, 6) is 0.323. The number of benzene rings is 1. The van der Waals surface area contributed by atoms with Gasteiger partial charge in [0.15, 0.2) is 0 Å². The lowest BCUT2D eigenvalue weighted by molar-refractivity contribution is 0.102. The molecule has 3 heterocycles. The van der Waals surface area contributed by atoms with E-state index in [1.807, 2.05) is 31.2 Å². The molecule has 0 spiro atoms. The molecule has 0 unspecified atom stereocenters. The molecule has 0 atom stereocenters. The number of carbonyl (C=O) groups excluding carboxylic acids is 1. The van der Waals surface area contributed by atoms with E-state index in [4.69, 9.17) is 15.6 Å². The second-order valence-corrected chi connectivity index (χ2v) is 8.76. The van der Waals surface area contributed by atoms with Gasteiger partial charge in [-0.2, -0.15) is 5.10 Å². The van der Waals surface area contributed by atoms with Crippen LogP contribution in [-0.4, -0.2) is 58.9 Å². The number of rotatable bonds is 9. The zero-order chi connectivity index (χ0) is 23.2. The summed E-state index contributed by atoms with van der Waals surface area (Å²) in [5.41, 5.74) is 8.25. The molecule has 0 saturated carbocycles. The largest absolute Gasteiger partial charge is 0.494 e. The summed E-state index contributed by atoms with van der Waals surface area (Å²) < 4.78 is 7.63. The van der Waals surface area contributed by atoms with Gasteiger partial charge in [0.1, 0.15) is 11.4 Å². The Bertz CT molecular complexity index is 1090. The number of aromatic nitrogens is 3. The predicted octanol–water partition coefficient (Wildman–Crippen LogP) is 3.77. The lowest BCUT2D eigenvalue weighted by Gasteiger charge is -2.32. The van der Waals surface area contributed by atoms with Crippen LogP contribution in [0.4, 0.5) is 5.69 Å². The Morgan fingerprint density at radius 2 is 2.03 bits per heavy atom. The molecule has 2 aromatic heterocycles. The molecule has 8 heteroatoms. The second kappa shape index (κ2) is 10.8. The van der Waals surface area contributed by atoms with Gasteiger partial charge in [0.05, 0.1) is 24.4 Å². The van der Waals surface area contributed by atoms with Crippen molar-refractivity contribution < 1.29 is 9.53 Å². The van der Waals surface area contributed by atoms with Gasteiger partial charge in [0.2, 0.25) is 0 Å². The number of anilines is 1. The highest BCUT2D eigenvalue weighted by atomic mass is 16.5. The number of methoxy groups -OCH3 is 1. The quantitative estimate of drug-likeness (QED) is 0.482. The molecule has 1 amide bonds. The summed E-state index contributed by atoms with van der Waals surface area (Å²) in [4.78, 5) is 19.6. The van der Waals surface area contributed by atoms with Crippen LogP contribution in [0.25, 0.3) is 10.9 Å². The third-order valence-corrected chi connectivity index (χ3v) is 6.32. The lowest BCUT2D eigenvalue weighted by atomic mass is 10.0. The molecule has 4 rings (SSSR count). The van der Waals surface area contributed by atoms with E-state index in [2.05, 4.69) is 26.1 Å². The number of nitrogens with zero attached hydrogens (tertiary/aromatic N) is 4. The first-order chi connectivity index (χ1) is 16.1. The van der Waals surface area contributed by atoms with E-state index < -0.39 is 0 Å². The summed E-state index contributed by atoms with van der Waals surface area (Å²) in [6, 6.07) is 9.60. The van der Waals surface area contributed by atoms with Crippen LogP contribution in [0, 0.1) is 6.92 Å². The van der Waals surface area contributed by atoms with Crippen molar-refractivity contribution in [2.75, 3.05) is 38.6 Å². The number of unbranched alkanes of at least 4 members (excludes halogenated alkanes) is 2. The summed E-state index contributed by atoms with van der Waals surface area (Å²) >= 11 is 0. The molecule has 33 heavy (non-hydrogen) atoms. The Morgan fingerprint density at radius 1 is 1.21 bits per heavy atom. The van der Waals surface area contributed by atoms with Gasteiger partial charge in [0.25, 0.3) is 5.91 Å². The summed E-state index contributed by atoms with van der Waals surface area (Å²) in [5, 5.41) is 8.75. The molecular formula is C25H34N6O2. The van der Waals surface area contributed by atoms with E-state index >= 15 is 0 Å². The minimum absolute atomic E-state index is 0.262. The first-order valence-electron chi connectivity index (χ1n) is 11.8. The van der Waals surface area contributed by atoms with Crippen molar-refractivity contribution >= 4 is 22.5 Å². The van der Waals surface area contributed by atoms with E-state index in [1.54, 1.807) is 13.2 Å². The molecule has 176 valence electrons.